The summed E-state index contributed by atoms with van der Waals surface area (Å²) in [5.41, 5.74) is -0.103. The van der Waals surface area contributed by atoms with Crippen LogP contribution in [0, 0.1) is 27.6 Å². The van der Waals surface area contributed by atoms with Crippen molar-refractivity contribution >= 4 is 23.4 Å². The molecule has 0 atom stereocenters. The van der Waals surface area contributed by atoms with E-state index in [9.17, 15) is 28.1 Å². The Balaban J connectivity index is 2.07. The lowest BCUT2D eigenvalue weighted by Gasteiger charge is -2.04. The normalized spacial score (nSPS) is 10.7. The molecule has 0 unspecified atom stereocenters. The van der Waals surface area contributed by atoms with Crippen LogP contribution in [0.4, 0.5) is 24.5 Å². The minimum atomic E-state index is -1.68. The lowest BCUT2D eigenvalue weighted by molar-refractivity contribution is -0.384. The highest BCUT2D eigenvalue weighted by atomic mass is 19.2. The monoisotopic (exact) mass is 322 g/mol. The van der Waals surface area contributed by atoms with Crippen LogP contribution in [0.2, 0.25) is 0 Å². The smallest absolute Gasteiger partial charge is 0.269 e. The predicted molar refractivity (Wildman–Crippen MR) is 77.1 cm³/mol. The zero-order valence-corrected chi connectivity index (χ0v) is 11.4. The van der Waals surface area contributed by atoms with E-state index in [1.54, 1.807) is 0 Å². The minimum absolute atomic E-state index is 0.101. The number of amides is 1. The summed E-state index contributed by atoms with van der Waals surface area (Å²) in [7, 11) is 0. The average Bonchev–Trinajstić information content (AvgIpc) is 2.54. The van der Waals surface area contributed by atoms with Gasteiger partial charge in [-0.3, -0.25) is 14.9 Å². The van der Waals surface area contributed by atoms with E-state index in [2.05, 4.69) is 5.32 Å². The second kappa shape index (κ2) is 6.73. The first-order valence-electron chi connectivity index (χ1n) is 6.25. The number of halogens is 3. The molecule has 23 heavy (non-hydrogen) atoms. The summed E-state index contributed by atoms with van der Waals surface area (Å²) < 4.78 is 39.2. The molecule has 0 saturated heterocycles. The van der Waals surface area contributed by atoms with E-state index in [4.69, 9.17) is 0 Å². The number of carbonyl (C=O) groups excluding carboxylic acids is 1. The molecule has 5 nitrogen and oxygen atoms in total. The topological polar surface area (TPSA) is 72.2 Å². The van der Waals surface area contributed by atoms with Gasteiger partial charge in [-0.25, -0.2) is 13.2 Å². The molecule has 0 aliphatic rings. The maximum absolute atomic E-state index is 13.4. The first-order chi connectivity index (χ1) is 10.9. The van der Waals surface area contributed by atoms with Gasteiger partial charge in [-0.15, -0.1) is 0 Å². The van der Waals surface area contributed by atoms with Crippen molar-refractivity contribution in [1.82, 2.24) is 0 Å². The lowest BCUT2D eigenvalue weighted by atomic mass is 10.2. The van der Waals surface area contributed by atoms with E-state index < -0.39 is 34.0 Å². The molecule has 0 heterocycles. The van der Waals surface area contributed by atoms with Crippen molar-refractivity contribution in [2.24, 2.45) is 0 Å². The summed E-state index contributed by atoms with van der Waals surface area (Å²) in [6.07, 6.45) is 2.36. The predicted octanol–water partition coefficient (Wildman–Crippen LogP) is 3.66. The average molecular weight is 322 g/mol. The van der Waals surface area contributed by atoms with Crippen LogP contribution >= 0.6 is 0 Å². The quantitative estimate of drug-likeness (QED) is 0.404. The zero-order valence-electron chi connectivity index (χ0n) is 11.4. The molecule has 1 N–H and O–H groups in total. The molecule has 1 amide bonds. The van der Waals surface area contributed by atoms with Crippen molar-refractivity contribution in [2.75, 3.05) is 5.32 Å². The maximum Gasteiger partial charge on any atom is 0.269 e. The molecule has 0 aliphatic carbocycles. The van der Waals surface area contributed by atoms with Gasteiger partial charge in [-0.1, -0.05) is 0 Å². The summed E-state index contributed by atoms with van der Waals surface area (Å²) >= 11 is 0. The molecule has 0 bridgehead atoms. The van der Waals surface area contributed by atoms with E-state index in [0.29, 0.717) is 11.6 Å². The first-order valence-corrected chi connectivity index (χ1v) is 6.25. The third-order valence-electron chi connectivity index (χ3n) is 2.82. The van der Waals surface area contributed by atoms with Crippen LogP contribution in [0.25, 0.3) is 6.08 Å². The van der Waals surface area contributed by atoms with Crippen molar-refractivity contribution in [3.05, 3.63) is 75.6 Å². The van der Waals surface area contributed by atoms with Gasteiger partial charge in [0.05, 0.1) is 10.6 Å². The number of nitrogens with one attached hydrogen (secondary N) is 1. The van der Waals surface area contributed by atoms with Gasteiger partial charge in [-0.05, 0) is 35.9 Å². The molecule has 0 radical (unpaired) electrons. The third-order valence-corrected chi connectivity index (χ3v) is 2.82. The SMILES string of the molecule is O=C(C=Cc1ccc([N+](=O)[O-])cc1)Nc1ccc(F)c(F)c1F. The van der Waals surface area contributed by atoms with Crippen molar-refractivity contribution in [3.8, 4) is 0 Å². The fourth-order valence-corrected chi connectivity index (χ4v) is 1.68. The Morgan fingerprint density at radius 2 is 1.70 bits per heavy atom. The van der Waals surface area contributed by atoms with Gasteiger partial charge in [0, 0.05) is 18.2 Å². The maximum atomic E-state index is 13.4. The highest BCUT2D eigenvalue weighted by Gasteiger charge is 2.14. The van der Waals surface area contributed by atoms with Crippen LogP contribution in [-0.2, 0) is 4.79 Å². The fraction of sp³-hybridized carbons (Fsp3) is 0. The third kappa shape index (κ3) is 3.94. The molecule has 0 fully saturated rings. The first kappa shape index (κ1) is 16.2. The van der Waals surface area contributed by atoms with E-state index in [0.717, 1.165) is 12.1 Å². The van der Waals surface area contributed by atoms with E-state index in [-0.39, 0.29) is 5.69 Å². The summed E-state index contributed by atoms with van der Waals surface area (Å²) in [4.78, 5) is 21.6. The Hall–Kier alpha value is -3.16. The van der Waals surface area contributed by atoms with Crippen molar-refractivity contribution in [3.63, 3.8) is 0 Å². The number of benzene rings is 2. The van der Waals surface area contributed by atoms with E-state index >= 15 is 0 Å². The van der Waals surface area contributed by atoms with Crippen LogP contribution in [0.3, 0.4) is 0 Å². The standard InChI is InChI=1S/C15H9F3N2O3/c16-11-6-7-12(15(18)14(11)17)19-13(21)8-3-9-1-4-10(5-2-9)20(22)23/h1-8H,(H,19,21). The number of nitrogens with zero attached hydrogens (tertiary/aromatic N) is 1. The Bertz CT molecular complexity index is 789. The highest BCUT2D eigenvalue weighted by molar-refractivity contribution is 6.02. The molecule has 2 rings (SSSR count). The number of non-ortho nitro benzene ring substituents is 1. The van der Waals surface area contributed by atoms with Crippen LogP contribution in [0.15, 0.2) is 42.5 Å². The minimum Gasteiger partial charge on any atom is -0.320 e. The van der Waals surface area contributed by atoms with Gasteiger partial charge in [0.1, 0.15) is 0 Å². The van der Waals surface area contributed by atoms with Crippen LogP contribution < -0.4 is 5.32 Å². The number of rotatable bonds is 4. The summed E-state index contributed by atoms with van der Waals surface area (Å²) in [5.74, 6) is -5.31. The van der Waals surface area contributed by atoms with Crippen molar-refractivity contribution in [2.45, 2.75) is 0 Å². The molecule has 2 aromatic rings. The Kier molecular flexibility index (Phi) is 4.75. The summed E-state index contributed by atoms with van der Waals surface area (Å²) in [6.45, 7) is 0. The number of anilines is 1. The van der Waals surface area contributed by atoms with Crippen LogP contribution in [0.1, 0.15) is 5.56 Å². The molecular weight excluding hydrogens is 313 g/mol. The second-order valence-electron chi connectivity index (χ2n) is 4.39. The molecule has 8 heteroatoms. The number of nitro benzene ring substituents is 1. The molecule has 118 valence electrons. The molecule has 0 spiro atoms. The highest BCUT2D eigenvalue weighted by Crippen LogP contribution is 2.19. The molecule has 0 aromatic heterocycles. The Morgan fingerprint density at radius 1 is 1.04 bits per heavy atom. The lowest BCUT2D eigenvalue weighted by Crippen LogP contribution is -2.10. The zero-order chi connectivity index (χ0) is 17.0. The number of nitro groups is 1. The van der Waals surface area contributed by atoms with Gasteiger partial charge in [0.25, 0.3) is 5.69 Å². The van der Waals surface area contributed by atoms with Gasteiger partial charge in [-0.2, -0.15) is 0 Å². The van der Waals surface area contributed by atoms with Crippen molar-refractivity contribution < 1.29 is 22.9 Å². The van der Waals surface area contributed by atoms with E-state index in [1.807, 2.05) is 0 Å². The fourth-order valence-electron chi connectivity index (χ4n) is 1.68. The summed E-state index contributed by atoms with van der Waals surface area (Å²) in [6, 6.07) is 6.93. The second-order valence-corrected chi connectivity index (χ2v) is 4.39. The number of hydrogen-bond acceptors (Lipinski definition) is 3. The van der Waals surface area contributed by atoms with Crippen LogP contribution in [0.5, 0.6) is 0 Å². The molecule has 0 aliphatic heterocycles. The number of hydrogen-bond donors (Lipinski definition) is 1. The van der Waals surface area contributed by atoms with E-state index in [1.165, 1.54) is 30.3 Å². The Morgan fingerprint density at radius 3 is 2.30 bits per heavy atom. The van der Waals surface area contributed by atoms with Gasteiger partial charge in [0.2, 0.25) is 5.91 Å². The van der Waals surface area contributed by atoms with Crippen molar-refractivity contribution in [1.29, 1.82) is 0 Å². The largest absolute Gasteiger partial charge is 0.320 e. The number of carbonyl (C=O) groups is 1. The molecule has 2 aromatic carbocycles. The molecule has 0 saturated carbocycles. The van der Waals surface area contributed by atoms with Gasteiger partial charge in [0.15, 0.2) is 17.5 Å². The summed E-state index contributed by atoms with van der Waals surface area (Å²) in [5, 5.41) is 12.6. The Labute approximate surface area is 128 Å². The van der Waals surface area contributed by atoms with Gasteiger partial charge < -0.3 is 5.32 Å². The van der Waals surface area contributed by atoms with Crippen LogP contribution in [-0.4, -0.2) is 10.8 Å². The molecular formula is C15H9F3N2O3. The van der Waals surface area contributed by atoms with Gasteiger partial charge >= 0.3 is 0 Å².